The van der Waals surface area contributed by atoms with E-state index in [-0.39, 0.29) is 5.75 Å². The highest BCUT2D eigenvalue weighted by molar-refractivity contribution is 5.76. The molecule has 0 atom stereocenters. The van der Waals surface area contributed by atoms with Crippen molar-refractivity contribution in [1.29, 1.82) is 0 Å². The van der Waals surface area contributed by atoms with Crippen molar-refractivity contribution in [1.82, 2.24) is 9.97 Å². The maximum absolute atomic E-state index is 9.81. The molecule has 0 aliphatic carbocycles. The Labute approximate surface area is 146 Å². The van der Waals surface area contributed by atoms with Gasteiger partial charge in [-0.1, -0.05) is 42.5 Å². The van der Waals surface area contributed by atoms with Gasteiger partial charge in [0.15, 0.2) is 0 Å². The van der Waals surface area contributed by atoms with E-state index in [4.69, 9.17) is 4.98 Å². The molecule has 0 spiro atoms. The van der Waals surface area contributed by atoms with Gasteiger partial charge in [-0.15, -0.1) is 0 Å². The first-order valence-electron chi connectivity index (χ1n) is 8.07. The minimum atomic E-state index is 0.231. The fourth-order valence-electron chi connectivity index (χ4n) is 2.81. The maximum Gasteiger partial charge on any atom is 0.116 e. The van der Waals surface area contributed by atoms with Crippen LogP contribution in [0.25, 0.3) is 33.6 Å². The van der Waals surface area contributed by atoms with Crippen LogP contribution in [0.5, 0.6) is 5.75 Å². The molecule has 4 rings (SSSR count). The first-order valence-corrected chi connectivity index (χ1v) is 8.07. The van der Waals surface area contributed by atoms with Gasteiger partial charge in [-0.25, -0.2) is 4.98 Å². The lowest BCUT2D eigenvalue weighted by molar-refractivity contribution is 0.475. The highest BCUT2D eigenvalue weighted by atomic mass is 16.3. The molecule has 3 heteroatoms. The lowest BCUT2D eigenvalue weighted by atomic mass is 10.0. The van der Waals surface area contributed by atoms with E-state index in [1.807, 2.05) is 42.5 Å². The third-order valence-corrected chi connectivity index (χ3v) is 4.05. The van der Waals surface area contributed by atoms with E-state index in [1.165, 1.54) is 0 Å². The molecule has 0 amide bonds. The van der Waals surface area contributed by atoms with Crippen LogP contribution in [0.4, 0.5) is 0 Å². The molecule has 0 saturated heterocycles. The van der Waals surface area contributed by atoms with Crippen LogP contribution in [-0.2, 0) is 0 Å². The summed E-state index contributed by atoms with van der Waals surface area (Å²) in [5.74, 6) is 0.231. The third-order valence-electron chi connectivity index (χ3n) is 4.05. The van der Waals surface area contributed by atoms with E-state index < -0.39 is 0 Å². The molecule has 2 aromatic carbocycles. The van der Waals surface area contributed by atoms with E-state index in [9.17, 15) is 5.11 Å². The van der Waals surface area contributed by atoms with E-state index >= 15 is 0 Å². The van der Waals surface area contributed by atoms with Crippen molar-refractivity contribution in [3.63, 3.8) is 0 Å². The number of nitrogens with zero attached hydrogens (tertiary/aromatic N) is 2. The second-order valence-electron chi connectivity index (χ2n) is 5.78. The average Bonchev–Trinajstić information content (AvgIpc) is 2.69. The highest BCUT2D eigenvalue weighted by Gasteiger charge is 2.09. The number of hydrogen-bond acceptors (Lipinski definition) is 3. The van der Waals surface area contributed by atoms with Crippen molar-refractivity contribution in [3.8, 4) is 39.4 Å². The molecule has 3 nitrogen and oxygen atoms in total. The van der Waals surface area contributed by atoms with Gasteiger partial charge in [0.2, 0.25) is 0 Å². The van der Waals surface area contributed by atoms with E-state index in [0.717, 1.165) is 33.6 Å². The number of benzene rings is 2. The van der Waals surface area contributed by atoms with Gasteiger partial charge in [-0.2, -0.15) is 0 Å². The first kappa shape index (κ1) is 15.1. The summed E-state index contributed by atoms with van der Waals surface area (Å²) in [5, 5.41) is 9.81. The van der Waals surface area contributed by atoms with Crippen molar-refractivity contribution in [2.45, 2.75) is 0 Å². The molecule has 4 aromatic rings. The van der Waals surface area contributed by atoms with Gasteiger partial charge < -0.3 is 5.11 Å². The highest BCUT2D eigenvalue weighted by Crippen LogP contribution is 2.30. The zero-order chi connectivity index (χ0) is 17.1. The van der Waals surface area contributed by atoms with Crippen LogP contribution in [0.1, 0.15) is 0 Å². The quantitative estimate of drug-likeness (QED) is 0.564. The summed E-state index contributed by atoms with van der Waals surface area (Å²) in [6.45, 7) is 0. The SMILES string of the molecule is Oc1cccc(-c2cc(-c3ccccc3)cc(-c3ccncc3)n2)c1. The molecule has 0 aliphatic heterocycles. The van der Waals surface area contributed by atoms with Gasteiger partial charge >= 0.3 is 0 Å². The van der Waals surface area contributed by atoms with E-state index in [0.29, 0.717) is 0 Å². The van der Waals surface area contributed by atoms with Crippen molar-refractivity contribution in [3.05, 3.63) is 91.3 Å². The van der Waals surface area contributed by atoms with Crippen LogP contribution in [0, 0.1) is 0 Å². The monoisotopic (exact) mass is 324 g/mol. The second-order valence-corrected chi connectivity index (χ2v) is 5.78. The van der Waals surface area contributed by atoms with Crippen molar-refractivity contribution < 1.29 is 5.11 Å². The Morgan fingerprint density at radius 1 is 0.560 bits per heavy atom. The van der Waals surface area contributed by atoms with Gasteiger partial charge in [0, 0.05) is 23.5 Å². The molecule has 0 aliphatic rings. The Kier molecular flexibility index (Phi) is 3.97. The minimum Gasteiger partial charge on any atom is -0.508 e. The Balaban J connectivity index is 1.92. The predicted octanol–water partition coefficient (Wildman–Crippen LogP) is 5.18. The van der Waals surface area contributed by atoms with Gasteiger partial charge in [-0.05, 0) is 47.5 Å². The Bertz CT molecular complexity index is 941. The van der Waals surface area contributed by atoms with Gasteiger partial charge in [0.25, 0.3) is 0 Å². The number of aromatic hydroxyl groups is 1. The molecule has 0 unspecified atom stereocenters. The summed E-state index contributed by atoms with van der Waals surface area (Å²) < 4.78 is 0. The number of rotatable bonds is 3. The molecule has 1 N–H and O–H groups in total. The summed E-state index contributed by atoms with van der Waals surface area (Å²) in [4.78, 5) is 8.88. The second kappa shape index (κ2) is 6.57. The zero-order valence-electron chi connectivity index (χ0n) is 13.5. The first-order chi connectivity index (χ1) is 12.3. The molecule has 0 saturated carbocycles. The van der Waals surface area contributed by atoms with Crippen LogP contribution >= 0.6 is 0 Å². The van der Waals surface area contributed by atoms with Gasteiger partial charge in [0.1, 0.15) is 5.75 Å². The van der Waals surface area contributed by atoms with Crippen LogP contribution in [0.2, 0.25) is 0 Å². The molecule has 2 aromatic heterocycles. The molecular formula is C22H16N2O. The molecule has 0 bridgehead atoms. The summed E-state index contributed by atoms with van der Waals surface area (Å²) in [6, 6.07) is 25.4. The van der Waals surface area contributed by atoms with Gasteiger partial charge in [0.05, 0.1) is 11.4 Å². The molecular weight excluding hydrogens is 308 g/mol. The number of aromatic nitrogens is 2. The molecule has 0 fully saturated rings. The standard InChI is InChI=1S/C22H16N2O/c25-20-8-4-7-18(13-20)22-15-19(16-5-2-1-3-6-16)14-21(24-22)17-9-11-23-12-10-17/h1-15,25H. The Morgan fingerprint density at radius 2 is 1.24 bits per heavy atom. The van der Waals surface area contributed by atoms with E-state index in [2.05, 4.69) is 29.2 Å². The predicted molar refractivity (Wildman–Crippen MR) is 100 cm³/mol. The summed E-state index contributed by atoms with van der Waals surface area (Å²) in [7, 11) is 0. The summed E-state index contributed by atoms with van der Waals surface area (Å²) >= 11 is 0. The normalized spacial score (nSPS) is 10.6. The smallest absolute Gasteiger partial charge is 0.116 e. The van der Waals surface area contributed by atoms with Crippen molar-refractivity contribution in [2.24, 2.45) is 0 Å². The van der Waals surface area contributed by atoms with Crippen LogP contribution in [0.3, 0.4) is 0 Å². The number of hydrogen-bond donors (Lipinski definition) is 1. The summed E-state index contributed by atoms with van der Waals surface area (Å²) in [5.41, 5.74) is 5.80. The average molecular weight is 324 g/mol. The largest absolute Gasteiger partial charge is 0.508 e. The third kappa shape index (κ3) is 3.26. The maximum atomic E-state index is 9.81. The fourth-order valence-corrected chi connectivity index (χ4v) is 2.81. The number of phenols is 1. The van der Waals surface area contributed by atoms with Crippen molar-refractivity contribution >= 4 is 0 Å². The van der Waals surface area contributed by atoms with Crippen LogP contribution in [0.15, 0.2) is 91.3 Å². The van der Waals surface area contributed by atoms with E-state index in [1.54, 1.807) is 24.5 Å². The number of pyridine rings is 2. The molecule has 120 valence electrons. The molecule has 2 heterocycles. The molecule has 25 heavy (non-hydrogen) atoms. The fraction of sp³-hybridized carbons (Fsp3) is 0. The van der Waals surface area contributed by atoms with Gasteiger partial charge in [-0.3, -0.25) is 4.98 Å². The Morgan fingerprint density at radius 3 is 1.96 bits per heavy atom. The number of phenolic OH excluding ortho intramolecular Hbond substituents is 1. The van der Waals surface area contributed by atoms with Crippen LogP contribution in [-0.4, -0.2) is 15.1 Å². The lowest BCUT2D eigenvalue weighted by Crippen LogP contribution is -1.91. The summed E-state index contributed by atoms with van der Waals surface area (Å²) in [6.07, 6.45) is 3.53. The lowest BCUT2D eigenvalue weighted by Gasteiger charge is -2.10. The van der Waals surface area contributed by atoms with Crippen LogP contribution < -0.4 is 0 Å². The zero-order valence-corrected chi connectivity index (χ0v) is 13.5. The minimum absolute atomic E-state index is 0.231. The topological polar surface area (TPSA) is 46.0 Å². The Hall–Kier alpha value is -3.46. The molecule has 0 radical (unpaired) electrons. The van der Waals surface area contributed by atoms with Crippen molar-refractivity contribution in [2.75, 3.05) is 0 Å².